The maximum Gasteiger partial charge on any atom is 0.118 e. The van der Waals surface area contributed by atoms with Gasteiger partial charge in [-0.2, -0.15) is 0 Å². The van der Waals surface area contributed by atoms with E-state index in [4.69, 9.17) is 4.74 Å². The van der Waals surface area contributed by atoms with Crippen LogP contribution in [0.2, 0.25) is 0 Å². The van der Waals surface area contributed by atoms with Crippen LogP contribution in [0.3, 0.4) is 0 Å². The molecule has 1 aliphatic carbocycles. The first-order valence-electron chi connectivity index (χ1n) is 8.25. The van der Waals surface area contributed by atoms with Crippen molar-refractivity contribution in [2.75, 3.05) is 7.11 Å². The average Bonchev–Trinajstić information content (AvgIpc) is 2.53. The van der Waals surface area contributed by atoms with E-state index in [1.54, 1.807) is 7.11 Å². The monoisotopic (exact) mass is 284 g/mol. The van der Waals surface area contributed by atoms with Gasteiger partial charge in [-0.3, -0.25) is 0 Å². The summed E-state index contributed by atoms with van der Waals surface area (Å²) in [6.07, 6.45) is 13.5. The normalized spacial score (nSPS) is 23.5. The zero-order chi connectivity index (χ0) is 15.1. The Labute approximate surface area is 129 Å². The van der Waals surface area contributed by atoms with Gasteiger partial charge < -0.3 is 4.74 Å². The quantitative estimate of drug-likeness (QED) is 0.614. The molecule has 0 unspecified atom stereocenters. The number of hydrogen-bond donors (Lipinski definition) is 0. The molecule has 0 radical (unpaired) electrons. The standard InChI is InChI=1S/C20H28O/c1-4-5-6-19(18-11-7-16(2)8-12-18)15-17-9-13-20(21-3)14-10-17/h5-6,9-10,13-16,18H,4,7-8,11-12H2,1-3H3/b6-5-,19-15+. The Morgan fingerprint density at radius 1 is 1.14 bits per heavy atom. The molecule has 114 valence electrons. The number of allylic oxidation sites excluding steroid dienone is 3. The maximum atomic E-state index is 5.23. The first-order valence-corrected chi connectivity index (χ1v) is 8.25. The van der Waals surface area contributed by atoms with E-state index in [1.165, 1.54) is 36.8 Å². The van der Waals surface area contributed by atoms with Crippen LogP contribution >= 0.6 is 0 Å². The molecule has 0 atom stereocenters. The summed E-state index contributed by atoms with van der Waals surface area (Å²) in [4.78, 5) is 0. The Morgan fingerprint density at radius 2 is 1.81 bits per heavy atom. The van der Waals surface area contributed by atoms with Gasteiger partial charge in [0, 0.05) is 0 Å². The lowest BCUT2D eigenvalue weighted by atomic mass is 9.78. The molecule has 0 amide bonds. The Balaban J connectivity index is 2.17. The van der Waals surface area contributed by atoms with Gasteiger partial charge in [0.1, 0.15) is 5.75 Å². The van der Waals surface area contributed by atoms with Crippen molar-refractivity contribution in [2.45, 2.75) is 46.0 Å². The second kappa shape index (κ2) is 8.07. The van der Waals surface area contributed by atoms with Gasteiger partial charge in [0.25, 0.3) is 0 Å². The highest BCUT2D eigenvalue weighted by molar-refractivity contribution is 5.57. The summed E-state index contributed by atoms with van der Waals surface area (Å²) in [5.41, 5.74) is 2.76. The summed E-state index contributed by atoms with van der Waals surface area (Å²) in [5.74, 6) is 2.55. The van der Waals surface area contributed by atoms with Crippen LogP contribution in [0, 0.1) is 11.8 Å². The highest BCUT2D eigenvalue weighted by Gasteiger charge is 2.20. The van der Waals surface area contributed by atoms with E-state index < -0.39 is 0 Å². The second-order valence-corrected chi connectivity index (χ2v) is 6.18. The summed E-state index contributed by atoms with van der Waals surface area (Å²) < 4.78 is 5.23. The summed E-state index contributed by atoms with van der Waals surface area (Å²) in [6.45, 7) is 4.58. The van der Waals surface area contributed by atoms with Crippen LogP contribution in [-0.2, 0) is 0 Å². The molecule has 0 aromatic heterocycles. The van der Waals surface area contributed by atoms with Gasteiger partial charge >= 0.3 is 0 Å². The van der Waals surface area contributed by atoms with E-state index in [0.717, 1.165) is 24.0 Å². The molecule has 21 heavy (non-hydrogen) atoms. The van der Waals surface area contributed by atoms with Crippen LogP contribution < -0.4 is 4.74 Å². The SMILES string of the molecule is CC/C=C\C(=C/c1ccc(OC)cc1)C1CCC(C)CC1. The predicted octanol–water partition coefficient (Wildman–Crippen LogP) is 5.87. The molecule has 1 saturated carbocycles. The van der Waals surface area contributed by atoms with Crippen LogP contribution in [0.15, 0.2) is 42.0 Å². The van der Waals surface area contributed by atoms with Crippen LogP contribution in [0.5, 0.6) is 5.75 Å². The Hall–Kier alpha value is -1.50. The van der Waals surface area contributed by atoms with E-state index in [1.807, 2.05) is 12.1 Å². The van der Waals surface area contributed by atoms with Gasteiger partial charge in [0.2, 0.25) is 0 Å². The molecular weight excluding hydrogens is 256 g/mol. The molecule has 1 aromatic carbocycles. The van der Waals surface area contributed by atoms with Crippen molar-refractivity contribution < 1.29 is 4.74 Å². The van der Waals surface area contributed by atoms with Gasteiger partial charge in [0.15, 0.2) is 0 Å². The van der Waals surface area contributed by atoms with E-state index in [0.29, 0.717) is 0 Å². The molecule has 0 saturated heterocycles. The summed E-state index contributed by atoms with van der Waals surface area (Å²) in [7, 11) is 1.71. The van der Waals surface area contributed by atoms with Crippen LogP contribution in [0.1, 0.15) is 51.5 Å². The average molecular weight is 284 g/mol. The fourth-order valence-corrected chi connectivity index (χ4v) is 3.04. The number of rotatable bonds is 5. The third-order valence-electron chi connectivity index (χ3n) is 4.48. The summed E-state index contributed by atoms with van der Waals surface area (Å²) in [5, 5.41) is 0. The highest BCUT2D eigenvalue weighted by atomic mass is 16.5. The van der Waals surface area contributed by atoms with E-state index in [2.05, 4.69) is 44.2 Å². The first-order chi connectivity index (χ1) is 10.2. The molecule has 1 aliphatic rings. The lowest BCUT2D eigenvalue weighted by Gasteiger charge is -2.27. The zero-order valence-corrected chi connectivity index (χ0v) is 13.6. The Morgan fingerprint density at radius 3 is 2.38 bits per heavy atom. The van der Waals surface area contributed by atoms with E-state index >= 15 is 0 Å². The minimum Gasteiger partial charge on any atom is -0.497 e. The van der Waals surface area contributed by atoms with Gasteiger partial charge in [0.05, 0.1) is 7.11 Å². The fraction of sp³-hybridized carbons (Fsp3) is 0.500. The van der Waals surface area contributed by atoms with E-state index in [-0.39, 0.29) is 0 Å². The van der Waals surface area contributed by atoms with Crippen molar-refractivity contribution in [3.63, 3.8) is 0 Å². The molecule has 1 fully saturated rings. The molecular formula is C20H28O. The molecule has 0 bridgehead atoms. The molecule has 2 rings (SSSR count). The van der Waals surface area contributed by atoms with Crippen molar-refractivity contribution in [3.8, 4) is 5.75 Å². The van der Waals surface area contributed by atoms with Crippen molar-refractivity contribution >= 4 is 6.08 Å². The molecule has 0 heterocycles. The summed E-state index contributed by atoms with van der Waals surface area (Å²) >= 11 is 0. The topological polar surface area (TPSA) is 9.23 Å². The van der Waals surface area contributed by atoms with Crippen molar-refractivity contribution in [1.82, 2.24) is 0 Å². The predicted molar refractivity (Wildman–Crippen MR) is 91.5 cm³/mol. The molecule has 0 spiro atoms. The third-order valence-corrected chi connectivity index (χ3v) is 4.48. The number of benzene rings is 1. The van der Waals surface area contributed by atoms with Gasteiger partial charge in [-0.05, 0) is 54.4 Å². The highest BCUT2D eigenvalue weighted by Crippen LogP contribution is 2.34. The van der Waals surface area contributed by atoms with Gasteiger partial charge in [-0.15, -0.1) is 0 Å². The molecule has 1 nitrogen and oxygen atoms in total. The number of ether oxygens (including phenoxy) is 1. The molecule has 1 heteroatoms. The van der Waals surface area contributed by atoms with Gasteiger partial charge in [-0.1, -0.05) is 57.0 Å². The van der Waals surface area contributed by atoms with Crippen molar-refractivity contribution in [3.05, 3.63) is 47.6 Å². The molecule has 0 N–H and O–H groups in total. The van der Waals surface area contributed by atoms with E-state index in [9.17, 15) is 0 Å². The largest absolute Gasteiger partial charge is 0.497 e. The third kappa shape index (κ3) is 4.77. The minimum absolute atomic E-state index is 0.728. The summed E-state index contributed by atoms with van der Waals surface area (Å²) in [6, 6.07) is 8.36. The van der Waals surface area contributed by atoms with Crippen molar-refractivity contribution in [2.24, 2.45) is 11.8 Å². The Kier molecular flexibility index (Phi) is 6.10. The van der Waals surface area contributed by atoms with Crippen LogP contribution in [0.4, 0.5) is 0 Å². The van der Waals surface area contributed by atoms with Crippen LogP contribution in [0.25, 0.3) is 6.08 Å². The first kappa shape index (κ1) is 15.9. The fourth-order valence-electron chi connectivity index (χ4n) is 3.04. The lowest BCUT2D eigenvalue weighted by Crippen LogP contribution is -2.13. The molecule has 1 aromatic rings. The number of methoxy groups -OCH3 is 1. The lowest BCUT2D eigenvalue weighted by molar-refractivity contribution is 0.324. The van der Waals surface area contributed by atoms with Crippen molar-refractivity contribution in [1.29, 1.82) is 0 Å². The maximum absolute atomic E-state index is 5.23. The second-order valence-electron chi connectivity index (χ2n) is 6.18. The molecule has 0 aliphatic heterocycles. The zero-order valence-electron chi connectivity index (χ0n) is 13.6. The van der Waals surface area contributed by atoms with Crippen LogP contribution in [-0.4, -0.2) is 7.11 Å². The van der Waals surface area contributed by atoms with Gasteiger partial charge in [-0.25, -0.2) is 0 Å². The number of hydrogen-bond acceptors (Lipinski definition) is 1. The smallest absolute Gasteiger partial charge is 0.118 e. The minimum atomic E-state index is 0.728. The Bertz CT molecular complexity index is 473.